The number of nitrogens with one attached hydrogen (secondary N) is 2. The van der Waals surface area contributed by atoms with Crippen LogP contribution in [0.25, 0.3) is 5.69 Å². The number of carbonyl (C=O) groups excluding carboxylic acids is 2. The van der Waals surface area contributed by atoms with Crippen LogP contribution in [0.5, 0.6) is 0 Å². The minimum atomic E-state index is -0.646. The van der Waals surface area contributed by atoms with Crippen molar-refractivity contribution >= 4 is 45.2 Å². The predicted octanol–water partition coefficient (Wildman–Crippen LogP) is 4.43. The molecule has 1 aromatic heterocycles. The van der Waals surface area contributed by atoms with Gasteiger partial charge in [-0.3, -0.25) is 9.59 Å². The van der Waals surface area contributed by atoms with Crippen molar-refractivity contribution in [1.29, 1.82) is 0 Å². The van der Waals surface area contributed by atoms with Gasteiger partial charge in [-0.1, -0.05) is 18.2 Å². The fourth-order valence-corrected chi connectivity index (χ4v) is 3.91. The maximum Gasteiger partial charge on any atom is 0.253 e. The summed E-state index contributed by atoms with van der Waals surface area (Å²) in [6.07, 6.45) is 4.23. The van der Waals surface area contributed by atoms with Gasteiger partial charge in [0.25, 0.3) is 5.91 Å². The zero-order valence-corrected chi connectivity index (χ0v) is 19.2. The van der Waals surface area contributed by atoms with E-state index in [2.05, 4.69) is 31.7 Å². The van der Waals surface area contributed by atoms with Crippen LogP contribution in [0.15, 0.2) is 65.3 Å². The third-order valence-electron chi connectivity index (χ3n) is 4.54. The van der Waals surface area contributed by atoms with Crippen molar-refractivity contribution < 1.29 is 9.59 Å². The molecular formula is C22H23BrN4O2S. The van der Waals surface area contributed by atoms with Gasteiger partial charge in [0.2, 0.25) is 5.91 Å². The summed E-state index contributed by atoms with van der Waals surface area (Å²) in [7, 11) is 0. The summed E-state index contributed by atoms with van der Waals surface area (Å²) in [5, 5.41) is 10.1. The number of benzene rings is 2. The minimum absolute atomic E-state index is 0.251. The van der Waals surface area contributed by atoms with E-state index in [1.807, 2.05) is 49.6 Å². The Labute approximate surface area is 188 Å². The molecule has 0 fully saturated rings. The molecule has 2 N–H and O–H groups in total. The second-order valence-corrected chi connectivity index (χ2v) is 8.55. The highest BCUT2D eigenvalue weighted by atomic mass is 79.9. The average Bonchev–Trinajstić information content (AvgIpc) is 3.17. The molecule has 156 valence electrons. The van der Waals surface area contributed by atoms with Crippen LogP contribution in [0.1, 0.15) is 22.5 Å². The van der Waals surface area contributed by atoms with Crippen LogP contribution in [0, 0.1) is 6.92 Å². The molecule has 30 heavy (non-hydrogen) atoms. The van der Waals surface area contributed by atoms with Gasteiger partial charge in [-0.05, 0) is 77.7 Å². The SMILES string of the molecule is CSCCC(NC(=O)c1ccccc1Br)C(=O)Nc1cccc(-n2nccc2C)c1. The number of aryl methyl sites for hydroxylation is 1. The Morgan fingerprint density at radius 1 is 1.17 bits per heavy atom. The molecule has 0 saturated carbocycles. The molecule has 3 aromatic rings. The van der Waals surface area contributed by atoms with Gasteiger partial charge in [0.15, 0.2) is 0 Å². The molecule has 2 aromatic carbocycles. The lowest BCUT2D eigenvalue weighted by molar-refractivity contribution is -0.118. The maximum absolute atomic E-state index is 13.0. The van der Waals surface area contributed by atoms with Crippen molar-refractivity contribution in [2.45, 2.75) is 19.4 Å². The van der Waals surface area contributed by atoms with Crippen LogP contribution >= 0.6 is 27.7 Å². The normalized spacial score (nSPS) is 11.7. The summed E-state index contributed by atoms with van der Waals surface area (Å²) in [6, 6.07) is 15.9. The molecule has 0 radical (unpaired) electrons. The maximum atomic E-state index is 13.0. The van der Waals surface area contributed by atoms with Crippen molar-refractivity contribution in [3.05, 3.63) is 76.5 Å². The third-order valence-corrected chi connectivity index (χ3v) is 5.88. The van der Waals surface area contributed by atoms with E-state index < -0.39 is 6.04 Å². The molecule has 0 spiro atoms. The Bertz CT molecular complexity index is 1040. The molecule has 0 bridgehead atoms. The average molecular weight is 487 g/mol. The molecule has 1 heterocycles. The van der Waals surface area contributed by atoms with Crippen molar-refractivity contribution in [2.24, 2.45) is 0 Å². The van der Waals surface area contributed by atoms with E-state index >= 15 is 0 Å². The number of hydrogen-bond donors (Lipinski definition) is 2. The number of hydrogen-bond acceptors (Lipinski definition) is 4. The Kier molecular flexibility index (Phi) is 7.70. The van der Waals surface area contributed by atoms with Crippen molar-refractivity contribution in [1.82, 2.24) is 15.1 Å². The zero-order chi connectivity index (χ0) is 21.5. The van der Waals surface area contributed by atoms with E-state index in [-0.39, 0.29) is 11.8 Å². The number of halogens is 1. The standard InChI is InChI=1S/C22H23BrN4O2S/c1-15-10-12-24-27(15)17-7-5-6-16(14-17)25-22(29)20(11-13-30-2)26-21(28)18-8-3-4-9-19(18)23/h3-10,12,14,20H,11,13H2,1-2H3,(H,25,29)(H,26,28). The highest BCUT2D eigenvalue weighted by Gasteiger charge is 2.22. The molecule has 0 aliphatic rings. The van der Waals surface area contributed by atoms with Crippen molar-refractivity contribution in [2.75, 3.05) is 17.3 Å². The van der Waals surface area contributed by atoms with Gasteiger partial charge in [0.1, 0.15) is 6.04 Å². The highest BCUT2D eigenvalue weighted by Crippen LogP contribution is 2.18. The monoisotopic (exact) mass is 486 g/mol. The largest absolute Gasteiger partial charge is 0.340 e. The molecule has 0 aliphatic carbocycles. The molecule has 3 rings (SSSR count). The van der Waals surface area contributed by atoms with E-state index in [4.69, 9.17) is 0 Å². The topological polar surface area (TPSA) is 76.0 Å². The lowest BCUT2D eigenvalue weighted by Crippen LogP contribution is -2.44. The summed E-state index contributed by atoms with van der Waals surface area (Å²) >= 11 is 5.02. The third kappa shape index (κ3) is 5.52. The zero-order valence-electron chi connectivity index (χ0n) is 16.8. The summed E-state index contributed by atoms with van der Waals surface area (Å²) in [6.45, 7) is 1.97. The lowest BCUT2D eigenvalue weighted by Gasteiger charge is -2.19. The molecule has 6 nitrogen and oxygen atoms in total. The van der Waals surface area contributed by atoms with Crippen molar-refractivity contribution in [3.8, 4) is 5.69 Å². The first kappa shape index (κ1) is 22.1. The summed E-state index contributed by atoms with van der Waals surface area (Å²) in [5.41, 5.74) is 3.00. The van der Waals surface area contributed by atoms with Gasteiger partial charge in [-0.2, -0.15) is 16.9 Å². The molecular weight excluding hydrogens is 464 g/mol. The van der Waals surface area contributed by atoms with Crippen LogP contribution in [-0.2, 0) is 4.79 Å². The Balaban J connectivity index is 1.75. The second kappa shape index (κ2) is 10.4. The number of anilines is 1. The Morgan fingerprint density at radius 2 is 1.97 bits per heavy atom. The minimum Gasteiger partial charge on any atom is -0.340 e. The van der Waals surface area contributed by atoms with E-state index in [1.54, 1.807) is 40.8 Å². The smallest absolute Gasteiger partial charge is 0.253 e. The van der Waals surface area contributed by atoms with Gasteiger partial charge in [0, 0.05) is 22.1 Å². The van der Waals surface area contributed by atoms with Gasteiger partial charge in [-0.25, -0.2) is 4.68 Å². The lowest BCUT2D eigenvalue weighted by atomic mass is 10.1. The first-order valence-electron chi connectivity index (χ1n) is 9.46. The van der Waals surface area contributed by atoms with Gasteiger partial charge >= 0.3 is 0 Å². The van der Waals surface area contributed by atoms with Crippen molar-refractivity contribution in [3.63, 3.8) is 0 Å². The molecule has 0 aliphatic heterocycles. The van der Waals surface area contributed by atoms with E-state index in [0.717, 1.165) is 17.1 Å². The number of aromatic nitrogens is 2. The van der Waals surface area contributed by atoms with Crippen LogP contribution in [-0.4, -0.2) is 39.6 Å². The Morgan fingerprint density at radius 3 is 2.67 bits per heavy atom. The number of rotatable bonds is 8. The summed E-state index contributed by atoms with van der Waals surface area (Å²) in [5.74, 6) is 0.212. The van der Waals surface area contributed by atoms with Gasteiger partial charge in [0.05, 0.1) is 11.3 Å². The Hall–Kier alpha value is -2.58. The second-order valence-electron chi connectivity index (χ2n) is 6.71. The number of carbonyl (C=O) groups is 2. The number of amides is 2. The predicted molar refractivity (Wildman–Crippen MR) is 125 cm³/mol. The van der Waals surface area contributed by atoms with Crippen LogP contribution in [0.2, 0.25) is 0 Å². The summed E-state index contributed by atoms with van der Waals surface area (Å²) < 4.78 is 2.49. The summed E-state index contributed by atoms with van der Waals surface area (Å²) in [4.78, 5) is 25.7. The van der Waals surface area contributed by atoms with Crippen LogP contribution in [0.4, 0.5) is 5.69 Å². The van der Waals surface area contributed by atoms with E-state index in [1.165, 1.54) is 0 Å². The first-order valence-corrected chi connectivity index (χ1v) is 11.6. The van der Waals surface area contributed by atoms with Crippen LogP contribution < -0.4 is 10.6 Å². The van der Waals surface area contributed by atoms with E-state index in [9.17, 15) is 9.59 Å². The fraction of sp³-hybridized carbons (Fsp3) is 0.227. The quantitative estimate of drug-likeness (QED) is 0.493. The highest BCUT2D eigenvalue weighted by molar-refractivity contribution is 9.10. The number of thioether (sulfide) groups is 1. The van der Waals surface area contributed by atoms with Crippen LogP contribution in [0.3, 0.4) is 0 Å². The van der Waals surface area contributed by atoms with Gasteiger partial charge < -0.3 is 10.6 Å². The number of nitrogens with zero attached hydrogens (tertiary/aromatic N) is 2. The molecule has 2 amide bonds. The molecule has 1 unspecified atom stereocenters. The molecule has 1 atom stereocenters. The first-order chi connectivity index (χ1) is 14.5. The molecule has 0 saturated heterocycles. The van der Waals surface area contributed by atoms with E-state index in [0.29, 0.717) is 22.1 Å². The molecule has 8 heteroatoms. The fourth-order valence-electron chi connectivity index (χ4n) is 2.97. The van der Waals surface area contributed by atoms with Gasteiger partial charge in [-0.15, -0.1) is 0 Å².